The van der Waals surface area contributed by atoms with E-state index in [2.05, 4.69) is 5.32 Å². The highest BCUT2D eigenvalue weighted by Crippen LogP contribution is 2.15. The molecule has 5 heteroatoms. The van der Waals surface area contributed by atoms with Gasteiger partial charge in [0.05, 0.1) is 6.54 Å². The van der Waals surface area contributed by atoms with Gasteiger partial charge in [-0.25, -0.2) is 4.79 Å². The Morgan fingerprint density at radius 3 is 2.53 bits per heavy atom. The molecule has 1 aromatic heterocycles. The molecule has 0 atom stereocenters. The van der Waals surface area contributed by atoms with Gasteiger partial charge in [-0.1, -0.05) is 12.1 Å². The fourth-order valence-corrected chi connectivity index (χ4v) is 1.79. The number of phenolic OH excluding ortho intramolecular Hbond substituents is 1. The van der Waals surface area contributed by atoms with Gasteiger partial charge in [0.2, 0.25) is 0 Å². The molecule has 3 N–H and O–H groups in total. The second-order valence-electron chi connectivity index (χ2n) is 4.26. The van der Waals surface area contributed by atoms with Crippen molar-refractivity contribution in [2.45, 2.75) is 20.0 Å². The van der Waals surface area contributed by atoms with E-state index in [4.69, 9.17) is 14.6 Å². The molecule has 0 spiro atoms. The number of phenols is 1. The van der Waals surface area contributed by atoms with E-state index >= 15 is 0 Å². The normalized spacial score (nSPS) is 10.6. The molecule has 0 radical (unpaired) electrons. The molecule has 0 fully saturated rings. The van der Waals surface area contributed by atoms with Gasteiger partial charge in [-0.05, 0) is 30.7 Å². The lowest BCUT2D eigenvalue weighted by Gasteiger charge is -2.03. The van der Waals surface area contributed by atoms with Gasteiger partial charge in [0.25, 0.3) is 0 Å². The maximum Gasteiger partial charge on any atom is 0.339 e. The molecule has 2 rings (SSSR count). The van der Waals surface area contributed by atoms with Crippen LogP contribution in [0, 0.1) is 6.92 Å². The Balaban J connectivity index is 1.90. The third kappa shape index (κ3) is 3.35. The molecule has 0 bridgehead atoms. The zero-order chi connectivity index (χ0) is 13.8. The summed E-state index contributed by atoms with van der Waals surface area (Å²) in [6, 6.07) is 8.41. The first-order valence-corrected chi connectivity index (χ1v) is 5.87. The minimum atomic E-state index is -0.981. The number of aromatic hydroxyl groups is 1. The minimum Gasteiger partial charge on any atom is -0.508 e. The number of benzene rings is 1. The largest absolute Gasteiger partial charge is 0.508 e. The average molecular weight is 261 g/mol. The van der Waals surface area contributed by atoms with Gasteiger partial charge in [0.15, 0.2) is 0 Å². The maximum absolute atomic E-state index is 10.9. The lowest BCUT2D eigenvalue weighted by molar-refractivity contribution is 0.0695. The molecule has 1 heterocycles. The van der Waals surface area contributed by atoms with Gasteiger partial charge in [-0.3, -0.25) is 0 Å². The van der Waals surface area contributed by atoms with Crippen LogP contribution in [0.1, 0.15) is 27.4 Å². The highest BCUT2D eigenvalue weighted by molar-refractivity contribution is 5.88. The van der Waals surface area contributed by atoms with Crippen molar-refractivity contribution in [3.63, 3.8) is 0 Å². The van der Waals surface area contributed by atoms with Crippen LogP contribution in [0.5, 0.6) is 5.75 Å². The molecule has 0 aliphatic carbocycles. The van der Waals surface area contributed by atoms with Crippen molar-refractivity contribution in [1.82, 2.24) is 5.32 Å². The zero-order valence-electron chi connectivity index (χ0n) is 10.5. The predicted octanol–water partition coefficient (Wildman–Crippen LogP) is 2.28. The summed E-state index contributed by atoms with van der Waals surface area (Å²) in [5.74, 6) is 0.255. The number of rotatable bonds is 5. The quantitative estimate of drug-likeness (QED) is 0.769. The molecular formula is C14H15NO4. The number of aryl methyl sites for hydroxylation is 1. The number of carboxylic acids is 1. The summed E-state index contributed by atoms with van der Waals surface area (Å²) in [6.45, 7) is 2.70. The molecule has 2 aromatic rings. The van der Waals surface area contributed by atoms with Gasteiger partial charge in [-0.2, -0.15) is 0 Å². The SMILES string of the molecule is Cc1oc(CNCc2ccc(O)cc2)cc1C(=O)O. The predicted molar refractivity (Wildman–Crippen MR) is 69.1 cm³/mol. The molecule has 5 nitrogen and oxygen atoms in total. The van der Waals surface area contributed by atoms with E-state index < -0.39 is 5.97 Å². The zero-order valence-corrected chi connectivity index (χ0v) is 10.5. The fourth-order valence-electron chi connectivity index (χ4n) is 1.79. The molecule has 0 aliphatic heterocycles. The highest BCUT2D eigenvalue weighted by atomic mass is 16.4. The van der Waals surface area contributed by atoms with Gasteiger partial charge in [0, 0.05) is 6.54 Å². The van der Waals surface area contributed by atoms with Crippen LogP contribution < -0.4 is 5.32 Å². The van der Waals surface area contributed by atoms with Gasteiger partial charge in [0.1, 0.15) is 22.8 Å². The molecule has 1 aromatic carbocycles. The minimum absolute atomic E-state index is 0.196. The van der Waals surface area contributed by atoms with Crippen LogP contribution in [-0.4, -0.2) is 16.2 Å². The average Bonchev–Trinajstić information content (AvgIpc) is 2.73. The van der Waals surface area contributed by atoms with Gasteiger partial charge >= 0.3 is 5.97 Å². The van der Waals surface area contributed by atoms with Crippen molar-refractivity contribution >= 4 is 5.97 Å². The molecule has 100 valence electrons. The van der Waals surface area contributed by atoms with Crippen molar-refractivity contribution in [2.24, 2.45) is 0 Å². The van der Waals surface area contributed by atoms with Crippen LogP contribution in [0.3, 0.4) is 0 Å². The summed E-state index contributed by atoms with van der Waals surface area (Å²) < 4.78 is 5.35. The van der Waals surface area contributed by atoms with Crippen LogP contribution in [0.15, 0.2) is 34.7 Å². The van der Waals surface area contributed by atoms with E-state index in [1.165, 1.54) is 6.07 Å². The molecule has 0 amide bonds. The highest BCUT2D eigenvalue weighted by Gasteiger charge is 2.13. The van der Waals surface area contributed by atoms with Gasteiger partial charge < -0.3 is 19.9 Å². The first-order valence-electron chi connectivity index (χ1n) is 5.87. The van der Waals surface area contributed by atoms with Crippen LogP contribution in [0.4, 0.5) is 0 Å². The summed E-state index contributed by atoms with van der Waals surface area (Å²) in [6.07, 6.45) is 0. The van der Waals surface area contributed by atoms with Crippen LogP contribution in [0.2, 0.25) is 0 Å². The van der Waals surface area contributed by atoms with Crippen molar-refractivity contribution in [3.05, 3.63) is 53.0 Å². The molecule has 0 unspecified atom stereocenters. The Morgan fingerprint density at radius 1 is 1.26 bits per heavy atom. The summed E-state index contributed by atoms with van der Waals surface area (Å²) in [4.78, 5) is 10.9. The number of hydrogen-bond donors (Lipinski definition) is 3. The Bertz CT molecular complexity index is 572. The monoisotopic (exact) mass is 261 g/mol. The molecule has 0 aliphatic rings. The lowest BCUT2D eigenvalue weighted by Crippen LogP contribution is -2.12. The van der Waals surface area contributed by atoms with Crippen LogP contribution >= 0.6 is 0 Å². The van der Waals surface area contributed by atoms with E-state index in [9.17, 15) is 4.79 Å². The molecule has 0 saturated carbocycles. The van der Waals surface area contributed by atoms with E-state index in [1.54, 1.807) is 19.1 Å². The van der Waals surface area contributed by atoms with Crippen LogP contribution in [0.25, 0.3) is 0 Å². The standard InChI is InChI=1S/C14H15NO4/c1-9-13(14(17)18)6-12(19-9)8-15-7-10-2-4-11(16)5-3-10/h2-6,15-16H,7-8H2,1H3,(H,17,18). The Labute approximate surface area is 110 Å². The topological polar surface area (TPSA) is 82.7 Å². The van der Waals surface area contributed by atoms with E-state index in [1.807, 2.05) is 12.1 Å². The van der Waals surface area contributed by atoms with Crippen molar-refractivity contribution in [1.29, 1.82) is 0 Å². The molecule has 0 saturated heterocycles. The Morgan fingerprint density at radius 2 is 1.95 bits per heavy atom. The second kappa shape index (κ2) is 5.58. The third-order valence-corrected chi connectivity index (χ3v) is 2.76. The third-order valence-electron chi connectivity index (χ3n) is 2.76. The molecular weight excluding hydrogens is 246 g/mol. The Kier molecular flexibility index (Phi) is 3.87. The van der Waals surface area contributed by atoms with E-state index in [-0.39, 0.29) is 11.3 Å². The van der Waals surface area contributed by atoms with E-state index in [0.29, 0.717) is 24.6 Å². The van der Waals surface area contributed by atoms with Crippen LogP contribution in [-0.2, 0) is 13.1 Å². The Hall–Kier alpha value is -2.27. The lowest BCUT2D eigenvalue weighted by atomic mass is 10.2. The van der Waals surface area contributed by atoms with Crippen molar-refractivity contribution in [3.8, 4) is 5.75 Å². The second-order valence-corrected chi connectivity index (χ2v) is 4.26. The summed E-state index contributed by atoms with van der Waals surface area (Å²) in [5.41, 5.74) is 1.22. The molecule has 19 heavy (non-hydrogen) atoms. The fraction of sp³-hybridized carbons (Fsp3) is 0.214. The van der Waals surface area contributed by atoms with E-state index in [0.717, 1.165) is 5.56 Å². The number of carbonyl (C=O) groups is 1. The number of aromatic carboxylic acids is 1. The van der Waals surface area contributed by atoms with Crippen molar-refractivity contribution in [2.75, 3.05) is 0 Å². The van der Waals surface area contributed by atoms with Gasteiger partial charge in [-0.15, -0.1) is 0 Å². The number of carboxylic acid groups (broad SMARTS) is 1. The summed E-state index contributed by atoms with van der Waals surface area (Å²) >= 11 is 0. The number of hydrogen-bond acceptors (Lipinski definition) is 4. The first kappa shape index (κ1) is 13.2. The summed E-state index contributed by atoms with van der Waals surface area (Å²) in [7, 11) is 0. The smallest absolute Gasteiger partial charge is 0.339 e. The summed E-state index contributed by atoms with van der Waals surface area (Å²) in [5, 5.41) is 21.2. The maximum atomic E-state index is 10.9. The first-order chi connectivity index (χ1) is 9.06. The number of furan rings is 1. The van der Waals surface area contributed by atoms with Crippen molar-refractivity contribution < 1.29 is 19.4 Å². The number of nitrogens with one attached hydrogen (secondary N) is 1.